The molecule has 0 spiro atoms. The average Bonchev–Trinajstić information content (AvgIpc) is 2.60. The minimum absolute atomic E-state index is 0.127. The number of aliphatic carboxylic acids is 1. The van der Waals surface area contributed by atoms with Crippen molar-refractivity contribution in [3.8, 4) is 0 Å². The van der Waals surface area contributed by atoms with E-state index in [4.69, 9.17) is 21.4 Å². The molecule has 0 aliphatic rings. The zero-order valence-corrected chi connectivity index (χ0v) is 15.6. The first-order chi connectivity index (χ1) is 12.3. The number of carbonyl (C=O) groups is 2. The summed E-state index contributed by atoms with van der Waals surface area (Å²) in [6, 6.07) is 14.0. The Bertz CT molecular complexity index is 741. The summed E-state index contributed by atoms with van der Waals surface area (Å²) in [5.74, 6) is -1.40. The van der Waals surface area contributed by atoms with E-state index in [1.165, 1.54) is 4.90 Å². The molecule has 1 N–H and O–H groups in total. The minimum atomic E-state index is -1.06. The molecule has 0 atom stereocenters. The summed E-state index contributed by atoms with van der Waals surface area (Å²) < 4.78 is 5.53. The number of ether oxygens (including phenoxy) is 1. The van der Waals surface area contributed by atoms with Gasteiger partial charge in [0.2, 0.25) is 0 Å². The maximum Gasteiger partial charge on any atom is 0.323 e. The first-order valence-corrected chi connectivity index (χ1v) is 8.69. The van der Waals surface area contributed by atoms with Crippen LogP contribution in [0.5, 0.6) is 0 Å². The van der Waals surface area contributed by atoms with Crippen molar-refractivity contribution in [2.75, 3.05) is 6.54 Å². The molecule has 2 aromatic carbocycles. The van der Waals surface area contributed by atoms with Crippen molar-refractivity contribution in [2.24, 2.45) is 0 Å². The van der Waals surface area contributed by atoms with E-state index in [0.717, 1.165) is 11.1 Å². The summed E-state index contributed by atoms with van der Waals surface area (Å²) in [5, 5.41) is 9.72. The summed E-state index contributed by atoms with van der Waals surface area (Å²) in [6.45, 7) is 4.20. The Hall–Kier alpha value is -2.37. The van der Waals surface area contributed by atoms with Crippen LogP contribution < -0.4 is 0 Å². The van der Waals surface area contributed by atoms with Crippen molar-refractivity contribution in [1.82, 2.24) is 4.90 Å². The Labute approximate surface area is 158 Å². The highest BCUT2D eigenvalue weighted by atomic mass is 35.5. The maximum atomic E-state index is 12.7. The number of carboxylic acids is 1. The standard InChI is InChI=1S/C20H22ClNO4/c1-14(2)26-13-16-3-7-17(8-4-16)20(25)22(12-19(23)24)11-15-5-9-18(21)10-6-15/h3-10,14H,11-13H2,1-2H3,(H,23,24). The molecule has 26 heavy (non-hydrogen) atoms. The summed E-state index contributed by atoms with van der Waals surface area (Å²) >= 11 is 5.87. The van der Waals surface area contributed by atoms with Crippen molar-refractivity contribution in [3.63, 3.8) is 0 Å². The van der Waals surface area contributed by atoms with Crippen molar-refractivity contribution in [1.29, 1.82) is 0 Å². The van der Waals surface area contributed by atoms with E-state index in [1.54, 1.807) is 36.4 Å². The van der Waals surface area contributed by atoms with Gasteiger partial charge in [0.1, 0.15) is 6.54 Å². The zero-order valence-electron chi connectivity index (χ0n) is 14.8. The number of carboxylic acid groups (broad SMARTS) is 1. The van der Waals surface area contributed by atoms with Crippen LogP contribution in [0.4, 0.5) is 0 Å². The summed E-state index contributed by atoms with van der Waals surface area (Å²) in [6.07, 6.45) is 0.127. The van der Waals surface area contributed by atoms with E-state index < -0.39 is 5.97 Å². The molecule has 0 fully saturated rings. The van der Waals surface area contributed by atoms with Crippen molar-refractivity contribution >= 4 is 23.5 Å². The molecule has 0 heterocycles. The van der Waals surface area contributed by atoms with Crippen LogP contribution in [0.3, 0.4) is 0 Å². The predicted molar refractivity (Wildman–Crippen MR) is 100 cm³/mol. The normalized spacial score (nSPS) is 10.8. The predicted octanol–water partition coefficient (Wildman–Crippen LogP) is 3.99. The highest BCUT2D eigenvalue weighted by Crippen LogP contribution is 2.15. The molecule has 0 aliphatic carbocycles. The van der Waals surface area contributed by atoms with Crippen LogP contribution in [0.25, 0.3) is 0 Å². The topological polar surface area (TPSA) is 66.8 Å². The van der Waals surface area contributed by atoms with Gasteiger partial charge in [0, 0.05) is 17.1 Å². The molecule has 0 saturated carbocycles. The maximum absolute atomic E-state index is 12.7. The number of amides is 1. The monoisotopic (exact) mass is 375 g/mol. The number of rotatable bonds is 8. The highest BCUT2D eigenvalue weighted by Gasteiger charge is 2.19. The second kappa shape index (κ2) is 9.36. The van der Waals surface area contributed by atoms with E-state index in [-0.39, 0.29) is 25.1 Å². The van der Waals surface area contributed by atoms with Crippen LogP contribution in [0.1, 0.15) is 35.3 Å². The lowest BCUT2D eigenvalue weighted by Crippen LogP contribution is -2.35. The molecule has 0 aromatic heterocycles. The second-order valence-electron chi connectivity index (χ2n) is 6.24. The first kappa shape index (κ1) is 19.9. The molecule has 0 unspecified atom stereocenters. The minimum Gasteiger partial charge on any atom is -0.480 e. The molecule has 0 saturated heterocycles. The van der Waals surface area contributed by atoms with Crippen LogP contribution in [0, 0.1) is 0 Å². The zero-order chi connectivity index (χ0) is 19.1. The number of carbonyl (C=O) groups excluding carboxylic acids is 1. The van der Waals surface area contributed by atoms with Crippen LogP contribution in [-0.2, 0) is 22.7 Å². The molecule has 0 aliphatic heterocycles. The third kappa shape index (κ3) is 6.17. The average molecular weight is 376 g/mol. The lowest BCUT2D eigenvalue weighted by molar-refractivity contribution is -0.137. The van der Waals surface area contributed by atoms with Gasteiger partial charge in [0.05, 0.1) is 12.7 Å². The van der Waals surface area contributed by atoms with Crippen molar-refractivity contribution < 1.29 is 19.4 Å². The smallest absolute Gasteiger partial charge is 0.323 e. The van der Waals surface area contributed by atoms with Gasteiger partial charge in [-0.05, 0) is 49.2 Å². The summed E-state index contributed by atoms with van der Waals surface area (Å²) in [5.41, 5.74) is 2.21. The molecule has 0 radical (unpaired) electrons. The molecule has 0 bridgehead atoms. The van der Waals surface area contributed by atoms with Gasteiger partial charge in [0.25, 0.3) is 5.91 Å². The first-order valence-electron chi connectivity index (χ1n) is 8.31. The fourth-order valence-corrected chi connectivity index (χ4v) is 2.49. The van der Waals surface area contributed by atoms with Gasteiger partial charge in [-0.15, -0.1) is 0 Å². The quantitative estimate of drug-likeness (QED) is 0.757. The van der Waals surface area contributed by atoms with Crippen LogP contribution in [-0.4, -0.2) is 34.5 Å². The number of hydrogen-bond donors (Lipinski definition) is 1. The number of hydrogen-bond acceptors (Lipinski definition) is 3. The number of halogens is 1. The third-order valence-corrected chi connectivity index (χ3v) is 3.94. The molecule has 2 aromatic rings. The Morgan fingerprint density at radius 3 is 2.15 bits per heavy atom. The Kier molecular flexibility index (Phi) is 7.18. The molecule has 2 rings (SSSR count). The van der Waals surface area contributed by atoms with Crippen molar-refractivity contribution in [2.45, 2.75) is 33.1 Å². The Morgan fingerprint density at radius 1 is 1.04 bits per heavy atom. The molecule has 5 nitrogen and oxygen atoms in total. The number of nitrogens with zero attached hydrogens (tertiary/aromatic N) is 1. The van der Waals surface area contributed by atoms with Gasteiger partial charge in [-0.25, -0.2) is 0 Å². The summed E-state index contributed by atoms with van der Waals surface area (Å²) in [4.78, 5) is 25.2. The Balaban J connectivity index is 2.12. The van der Waals surface area contributed by atoms with Crippen LogP contribution in [0.15, 0.2) is 48.5 Å². The van der Waals surface area contributed by atoms with E-state index in [0.29, 0.717) is 17.2 Å². The SMILES string of the molecule is CC(C)OCc1ccc(C(=O)N(CC(=O)O)Cc2ccc(Cl)cc2)cc1. The van der Waals surface area contributed by atoms with Crippen molar-refractivity contribution in [3.05, 3.63) is 70.2 Å². The fraction of sp³-hybridized carbons (Fsp3) is 0.300. The largest absolute Gasteiger partial charge is 0.480 e. The lowest BCUT2D eigenvalue weighted by atomic mass is 10.1. The lowest BCUT2D eigenvalue weighted by Gasteiger charge is -2.21. The van der Waals surface area contributed by atoms with Gasteiger partial charge in [-0.3, -0.25) is 9.59 Å². The van der Waals surface area contributed by atoms with E-state index >= 15 is 0 Å². The molecular weight excluding hydrogens is 354 g/mol. The molecule has 138 valence electrons. The molecule has 6 heteroatoms. The number of benzene rings is 2. The third-order valence-electron chi connectivity index (χ3n) is 3.68. The van der Waals surface area contributed by atoms with Gasteiger partial charge < -0.3 is 14.7 Å². The summed E-state index contributed by atoms with van der Waals surface area (Å²) in [7, 11) is 0. The van der Waals surface area contributed by atoms with E-state index in [9.17, 15) is 9.59 Å². The fourth-order valence-electron chi connectivity index (χ4n) is 2.36. The van der Waals surface area contributed by atoms with E-state index in [2.05, 4.69) is 0 Å². The van der Waals surface area contributed by atoms with Gasteiger partial charge in [0.15, 0.2) is 0 Å². The van der Waals surface area contributed by atoms with Crippen LogP contribution in [0.2, 0.25) is 5.02 Å². The van der Waals surface area contributed by atoms with Gasteiger partial charge >= 0.3 is 5.97 Å². The highest BCUT2D eigenvalue weighted by molar-refractivity contribution is 6.30. The Morgan fingerprint density at radius 2 is 1.62 bits per heavy atom. The molecular formula is C20H22ClNO4. The van der Waals surface area contributed by atoms with Gasteiger partial charge in [-0.1, -0.05) is 35.9 Å². The van der Waals surface area contributed by atoms with E-state index in [1.807, 2.05) is 26.0 Å². The van der Waals surface area contributed by atoms with Gasteiger partial charge in [-0.2, -0.15) is 0 Å². The second-order valence-corrected chi connectivity index (χ2v) is 6.67. The molecule has 1 amide bonds. The van der Waals surface area contributed by atoms with Crippen LogP contribution >= 0.6 is 11.6 Å².